The van der Waals surface area contributed by atoms with E-state index >= 15 is 0 Å². The summed E-state index contributed by atoms with van der Waals surface area (Å²) in [5, 5.41) is 13.1. The lowest BCUT2D eigenvalue weighted by Gasteiger charge is -2.37. The van der Waals surface area contributed by atoms with Crippen molar-refractivity contribution in [3.05, 3.63) is 42.0 Å². The highest BCUT2D eigenvalue weighted by molar-refractivity contribution is 6.12. The van der Waals surface area contributed by atoms with Gasteiger partial charge in [-0.1, -0.05) is 93.7 Å². The van der Waals surface area contributed by atoms with Gasteiger partial charge in [0, 0.05) is 77.7 Å². The van der Waals surface area contributed by atoms with Gasteiger partial charge in [-0.2, -0.15) is 0 Å². The highest BCUT2D eigenvalue weighted by Gasteiger charge is 2.34. The van der Waals surface area contributed by atoms with Crippen LogP contribution in [-0.4, -0.2) is 185 Å². The fourth-order valence-electron chi connectivity index (χ4n) is 8.96. The van der Waals surface area contributed by atoms with Crippen LogP contribution in [0.2, 0.25) is 0 Å². The molecule has 0 radical (unpaired) electrons. The average molecular weight is 1100 g/mol. The summed E-state index contributed by atoms with van der Waals surface area (Å²) in [6.07, 6.45) is 13.3. The molecule has 1 saturated heterocycles. The minimum atomic E-state index is -0.278. The molecule has 446 valence electrons. The van der Waals surface area contributed by atoms with Crippen LogP contribution in [0.4, 0.5) is 5.69 Å². The van der Waals surface area contributed by atoms with E-state index in [1.54, 1.807) is 38.3 Å². The van der Waals surface area contributed by atoms with Crippen LogP contribution in [0.15, 0.2) is 36.4 Å². The fourth-order valence-corrected chi connectivity index (χ4v) is 8.96. The number of amides is 9. The number of likely N-dealkylation sites (N-methyl/N-ethyl adjacent to an activating group) is 3. The Morgan fingerprint density at radius 2 is 1.40 bits per heavy atom. The Labute approximate surface area is 467 Å². The first-order chi connectivity index (χ1) is 37.1. The molecule has 7 unspecified atom stereocenters. The number of unbranched alkanes of at least 4 members (excludes halogenated alkanes) is 2. The summed E-state index contributed by atoms with van der Waals surface area (Å²) >= 11 is 0. The highest BCUT2D eigenvalue weighted by Crippen LogP contribution is 2.25. The number of nitrogens with one attached hydrogen (secondary N) is 5. The normalized spacial score (nSPS) is 15.8. The summed E-state index contributed by atoms with van der Waals surface area (Å²) < 4.78 is 11.0. The van der Waals surface area contributed by atoms with Crippen molar-refractivity contribution in [2.75, 3.05) is 79.9 Å². The summed E-state index contributed by atoms with van der Waals surface area (Å²) in [6.45, 7) is 22.9. The number of benzene rings is 1. The zero-order chi connectivity index (χ0) is 59.8. The molecule has 78 heavy (non-hydrogen) atoms. The molecule has 7 atom stereocenters. The van der Waals surface area contributed by atoms with Crippen LogP contribution >= 0.6 is 0 Å². The lowest BCUT2D eigenvalue weighted by atomic mass is 9.91. The first-order valence-corrected chi connectivity index (χ1v) is 27.8. The molecule has 9 amide bonds. The van der Waals surface area contributed by atoms with Gasteiger partial charge in [0.25, 0.3) is 11.8 Å². The number of nitrogens with zero attached hydrogens (tertiary/aromatic N) is 4. The van der Waals surface area contributed by atoms with Gasteiger partial charge < -0.3 is 51.6 Å². The summed E-state index contributed by atoms with van der Waals surface area (Å²) in [4.78, 5) is 108. The van der Waals surface area contributed by atoms with Gasteiger partial charge in [-0.05, 0) is 95.0 Å². The number of likely N-dealkylation sites (tertiary alicyclic amines) is 1. The summed E-state index contributed by atoms with van der Waals surface area (Å²) in [6, 6.07) is 7.38. The second-order valence-corrected chi connectivity index (χ2v) is 20.2. The summed E-state index contributed by atoms with van der Waals surface area (Å²) in [5.41, 5.74) is 7.30. The largest absolute Gasteiger partial charge is 0.379 e. The van der Waals surface area contributed by atoms with Gasteiger partial charge in [0.05, 0.1) is 43.4 Å². The maximum absolute atomic E-state index is 12.6. The first kappa shape index (κ1) is 74.3. The number of ether oxygens (including phenoxy) is 2. The van der Waals surface area contributed by atoms with Crippen LogP contribution in [-0.2, 0) is 59.0 Å². The fraction of sp³-hybridized carbons (Fsp3) is 0.702. The van der Waals surface area contributed by atoms with Crippen molar-refractivity contribution in [1.82, 2.24) is 40.9 Å². The molecular weight excluding hydrogens is 1000 g/mol. The molecule has 3 rings (SSSR count). The number of carbonyl (C=O) groups is 9. The molecule has 0 spiro atoms. The van der Waals surface area contributed by atoms with Crippen LogP contribution < -0.4 is 32.3 Å². The van der Waals surface area contributed by atoms with E-state index in [1.165, 1.54) is 23.5 Å². The van der Waals surface area contributed by atoms with Crippen molar-refractivity contribution in [2.45, 2.75) is 170 Å². The van der Waals surface area contributed by atoms with Crippen LogP contribution in [0.5, 0.6) is 0 Å². The molecule has 0 aromatic heterocycles. The molecule has 1 aromatic carbocycles. The molecule has 1 aromatic rings. The van der Waals surface area contributed by atoms with Crippen LogP contribution in [0.1, 0.15) is 133 Å². The zero-order valence-corrected chi connectivity index (χ0v) is 50.1. The third kappa shape index (κ3) is 29.8. The van der Waals surface area contributed by atoms with Crippen molar-refractivity contribution >= 4 is 60.4 Å². The van der Waals surface area contributed by atoms with Crippen molar-refractivity contribution in [2.24, 2.45) is 23.5 Å². The molecule has 7 N–H and O–H groups in total. The lowest BCUT2D eigenvalue weighted by Crippen LogP contribution is -2.53. The highest BCUT2D eigenvalue weighted by atomic mass is 16.5. The summed E-state index contributed by atoms with van der Waals surface area (Å²) in [5.74, 6) is -0.167. The van der Waals surface area contributed by atoms with Crippen LogP contribution in [0.3, 0.4) is 0 Å². The number of imide groups is 1. The van der Waals surface area contributed by atoms with Gasteiger partial charge in [0.1, 0.15) is 0 Å². The number of anilines is 1. The van der Waals surface area contributed by atoms with Gasteiger partial charge in [-0.3, -0.25) is 53.0 Å². The first-order valence-electron chi connectivity index (χ1n) is 27.8. The van der Waals surface area contributed by atoms with Gasteiger partial charge in [0.15, 0.2) is 0 Å². The number of carbonyl (C=O) groups excluding carboxylic acids is 9. The Kier molecular flexibility index (Phi) is 42.0. The van der Waals surface area contributed by atoms with Gasteiger partial charge in [-0.25, -0.2) is 0 Å². The Hall–Kier alpha value is -5.77. The molecule has 21 heteroatoms. The predicted molar refractivity (Wildman–Crippen MR) is 308 cm³/mol. The van der Waals surface area contributed by atoms with Crippen LogP contribution in [0, 0.1) is 17.8 Å². The van der Waals surface area contributed by atoms with E-state index in [-0.39, 0.29) is 84.8 Å². The predicted octanol–water partition coefficient (Wildman–Crippen LogP) is 4.28. The second kappa shape index (κ2) is 44.1. The van der Waals surface area contributed by atoms with E-state index in [9.17, 15) is 43.2 Å². The van der Waals surface area contributed by atoms with E-state index in [2.05, 4.69) is 75.1 Å². The second-order valence-electron chi connectivity index (χ2n) is 20.2. The zero-order valence-electron chi connectivity index (χ0n) is 50.1. The maximum Gasteiger partial charge on any atom is 0.253 e. The molecule has 2 aliphatic rings. The Bertz CT molecular complexity index is 1870. The molecule has 0 aliphatic carbocycles. The molecule has 1 fully saturated rings. The van der Waals surface area contributed by atoms with E-state index in [0.29, 0.717) is 76.0 Å². The SMILES string of the molecule is CCC.CCC(C)C(C(CC)OC)N(C)C(=O)CNC(=O)C(C(C)C)N(C)C.CCNC(=O)CNC(=O)CCCCCN1C(=O)C=CC1=O.COC(C(C)C)C1CCCN1C=O.NCC(Cc1ccc(NC=O)cc1)NC=O. The Morgan fingerprint density at radius 3 is 1.86 bits per heavy atom. The van der Waals surface area contributed by atoms with Crippen molar-refractivity contribution in [3.8, 4) is 0 Å². The smallest absolute Gasteiger partial charge is 0.253 e. The molecule has 2 heterocycles. The molecule has 0 saturated carbocycles. The van der Waals surface area contributed by atoms with Crippen molar-refractivity contribution < 1.29 is 52.6 Å². The van der Waals surface area contributed by atoms with E-state index in [1.807, 2.05) is 56.8 Å². The lowest BCUT2D eigenvalue weighted by molar-refractivity contribution is -0.138. The van der Waals surface area contributed by atoms with E-state index in [4.69, 9.17) is 15.2 Å². The summed E-state index contributed by atoms with van der Waals surface area (Å²) in [7, 11) is 8.97. The number of nitrogens with two attached hydrogens (primary N) is 1. The van der Waals surface area contributed by atoms with Gasteiger partial charge in [-0.15, -0.1) is 0 Å². The van der Waals surface area contributed by atoms with Crippen LogP contribution in [0.25, 0.3) is 0 Å². The average Bonchev–Trinajstić information content (AvgIpc) is 4.01. The standard InChI is InChI=1S/C19H39N3O3.C14H21N3O4.C11H15N3O2.C10H19NO2.C3H8/c1-10-14(5)18(15(11-2)25-9)22(8)16(23)12-20-19(24)17(13(3)4)21(6)7;1-2-15-12(19)10-16-11(18)6-4-3-5-9-17-13(20)7-8-14(17)21;12-6-11(14-8-16)5-9-1-3-10(4-2-9)13-7-15;1-8(2)10(13-3)9-5-4-6-11(9)7-12;1-3-2/h13-15,17-18H,10-12H2,1-9H3,(H,20,24);7-8H,2-6,9-10H2,1H3,(H,15,19)(H,16,18);1-4,7-8,11H,5-6,12H2,(H,13,15)(H,14,16);7-10H,4-6H2,1-3H3;3H2,1-2H3. The molecule has 21 nitrogen and oxygen atoms in total. The molecule has 0 bridgehead atoms. The minimum Gasteiger partial charge on any atom is -0.379 e. The topological polar surface area (TPSA) is 271 Å². The monoisotopic (exact) mass is 1100 g/mol. The number of methoxy groups -OCH3 is 2. The number of rotatable bonds is 31. The third-order valence-corrected chi connectivity index (χ3v) is 13.1. The minimum absolute atomic E-state index is 0.000790. The van der Waals surface area contributed by atoms with E-state index in [0.717, 1.165) is 56.3 Å². The maximum atomic E-state index is 12.6. The number of hydrogen-bond donors (Lipinski definition) is 6. The van der Waals surface area contributed by atoms with Gasteiger partial charge >= 0.3 is 0 Å². The third-order valence-electron chi connectivity index (χ3n) is 13.1. The quantitative estimate of drug-likeness (QED) is 0.0345. The Morgan fingerprint density at radius 1 is 0.782 bits per heavy atom. The molecule has 2 aliphatic heterocycles. The van der Waals surface area contributed by atoms with Crippen molar-refractivity contribution in [1.29, 1.82) is 0 Å². The molecular formula is C57H102N10O11. The number of hydrogen-bond acceptors (Lipinski definition) is 13. The van der Waals surface area contributed by atoms with Crippen molar-refractivity contribution in [3.63, 3.8) is 0 Å². The van der Waals surface area contributed by atoms with Gasteiger partial charge in [0.2, 0.25) is 42.9 Å². The van der Waals surface area contributed by atoms with E-state index < -0.39 is 0 Å². The Balaban J connectivity index is 0.